The van der Waals surface area contributed by atoms with Crippen LogP contribution in [-0.2, 0) is 18.9 Å². The topological polar surface area (TPSA) is 36.9 Å². The van der Waals surface area contributed by atoms with Crippen molar-refractivity contribution >= 4 is 0 Å². The summed E-state index contributed by atoms with van der Waals surface area (Å²) >= 11 is 0. The maximum atomic E-state index is 5.92. The van der Waals surface area contributed by atoms with Crippen LogP contribution in [0.25, 0.3) is 0 Å². The number of ether oxygens (including phenoxy) is 4. The van der Waals surface area contributed by atoms with Crippen molar-refractivity contribution in [1.29, 1.82) is 0 Å². The molecule has 50 heavy (non-hydrogen) atoms. The van der Waals surface area contributed by atoms with Crippen LogP contribution in [0.5, 0.6) is 0 Å². The van der Waals surface area contributed by atoms with Gasteiger partial charge in [-0.25, -0.2) is 0 Å². The zero-order chi connectivity index (χ0) is 38.3. The highest BCUT2D eigenvalue weighted by Gasteiger charge is 2.43. The molecule has 4 heteroatoms. The third kappa shape index (κ3) is 22.8. The largest absolute Gasteiger partial charge is 0.348 e. The zero-order valence-electron chi connectivity index (χ0n) is 37.1. The smallest absolute Gasteiger partial charge is 0.163 e. The van der Waals surface area contributed by atoms with E-state index in [0.29, 0.717) is 25.0 Å². The summed E-state index contributed by atoms with van der Waals surface area (Å²) in [6.45, 7) is 36.8. The van der Waals surface area contributed by atoms with E-state index < -0.39 is 11.6 Å². The van der Waals surface area contributed by atoms with Crippen molar-refractivity contribution in [3.05, 3.63) is 0 Å². The van der Waals surface area contributed by atoms with Gasteiger partial charge in [-0.1, -0.05) is 186 Å². The summed E-state index contributed by atoms with van der Waals surface area (Å²) in [7, 11) is 0. The first-order valence-corrected chi connectivity index (χ1v) is 22.1. The Labute approximate surface area is 316 Å². The lowest BCUT2D eigenvalue weighted by Crippen LogP contribution is -2.36. The number of hydrogen-bond donors (Lipinski definition) is 0. The van der Waals surface area contributed by atoms with E-state index in [0.717, 1.165) is 35.5 Å². The molecule has 0 aromatic heterocycles. The molecule has 2 saturated heterocycles. The van der Waals surface area contributed by atoms with Gasteiger partial charge in [0.2, 0.25) is 0 Å². The van der Waals surface area contributed by atoms with E-state index in [1.807, 2.05) is 27.7 Å². The highest BCUT2D eigenvalue weighted by Crippen LogP contribution is 2.36. The van der Waals surface area contributed by atoms with Crippen LogP contribution in [0, 0.1) is 47.3 Å². The standard InChI is InChI=1S/C14H26O4.2C9H20.2C7H14/c1-9(11-7-15-13(3,4)17-11)10(2)12-8-16-14(5,6)18-12;2*1-4-6-8-9(3)7-5-2;2*1-6-4-3-5-7(6)2/h9-12H,7-8H2,1-6H3;2*9H,4-8H2,1-3H3;2*6-7H,3-5H2,1-2H3. The minimum atomic E-state index is -0.453. The van der Waals surface area contributed by atoms with E-state index in [1.54, 1.807) is 0 Å². The molecule has 2 saturated carbocycles. The van der Waals surface area contributed by atoms with Gasteiger partial charge < -0.3 is 18.9 Å². The van der Waals surface area contributed by atoms with Crippen molar-refractivity contribution in [1.82, 2.24) is 0 Å². The Kier molecular flexibility index (Phi) is 27.3. The van der Waals surface area contributed by atoms with Crippen LogP contribution < -0.4 is 0 Å². The summed E-state index contributed by atoms with van der Waals surface area (Å²) < 4.78 is 23.1. The normalized spacial score (nSPS) is 30.2. The fourth-order valence-electron chi connectivity index (χ4n) is 7.67. The molecule has 0 spiro atoms. The van der Waals surface area contributed by atoms with Gasteiger partial charge in [0.1, 0.15) is 0 Å². The molecule has 10 unspecified atom stereocenters. The summed E-state index contributed by atoms with van der Waals surface area (Å²) in [5.74, 6) is 5.85. The molecule has 2 heterocycles. The first-order valence-electron chi connectivity index (χ1n) is 22.1. The molecule has 4 nitrogen and oxygen atoms in total. The molecule has 0 bridgehead atoms. The molecule has 2 aliphatic carbocycles. The molecule has 302 valence electrons. The molecule has 4 aliphatic rings. The fourth-order valence-corrected chi connectivity index (χ4v) is 7.67. The molecule has 0 aromatic carbocycles. The fraction of sp³-hybridized carbons (Fsp3) is 1.00. The Morgan fingerprint density at radius 3 is 0.960 bits per heavy atom. The summed E-state index contributed by atoms with van der Waals surface area (Å²) in [6.07, 6.45) is 23.1. The SMILES string of the molecule is CC(C1COC(C)(C)O1)C(C)C1COC(C)(C)O1.CC1CCCC1C.CC1CCCC1C.CCCCC(C)CCC.CCCCC(C)CCC. The Bertz CT molecular complexity index is 700. The van der Waals surface area contributed by atoms with Gasteiger partial charge in [-0.2, -0.15) is 0 Å². The van der Waals surface area contributed by atoms with Crippen molar-refractivity contribution < 1.29 is 18.9 Å². The van der Waals surface area contributed by atoms with Crippen molar-refractivity contribution in [2.75, 3.05) is 13.2 Å². The summed E-state index contributed by atoms with van der Waals surface area (Å²) in [6, 6.07) is 0. The number of rotatable bonds is 13. The third-order valence-electron chi connectivity index (χ3n) is 12.3. The minimum absolute atomic E-state index is 0.141. The summed E-state index contributed by atoms with van der Waals surface area (Å²) in [5.41, 5.74) is 0. The molecular weight excluding hydrogens is 617 g/mol. The van der Waals surface area contributed by atoms with Crippen LogP contribution in [0.15, 0.2) is 0 Å². The van der Waals surface area contributed by atoms with E-state index >= 15 is 0 Å². The lowest BCUT2D eigenvalue weighted by atomic mass is 9.87. The van der Waals surface area contributed by atoms with Crippen molar-refractivity contribution in [2.45, 2.75) is 237 Å². The first-order chi connectivity index (χ1) is 23.4. The van der Waals surface area contributed by atoms with Gasteiger partial charge in [-0.15, -0.1) is 0 Å². The molecule has 2 aliphatic heterocycles. The monoisotopic (exact) mass is 711 g/mol. The van der Waals surface area contributed by atoms with Gasteiger partial charge in [0, 0.05) is 0 Å². The first kappa shape index (κ1) is 49.8. The summed E-state index contributed by atoms with van der Waals surface area (Å²) in [5, 5.41) is 0. The van der Waals surface area contributed by atoms with E-state index in [4.69, 9.17) is 18.9 Å². The van der Waals surface area contributed by atoms with E-state index in [-0.39, 0.29) is 12.2 Å². The second kappa shape index (κ2) is 27.4. The Hall–Kier alpha value is -0.160. The van der Waals surface area contributed by atoms with E-state index in [1.165, 1.54) is 103 Å². The second-order valence-corrected chi connectivity index (χ2v) is 18.3. The molecule has 0 N–H and O–H groups in total. The van der Waals surface area contributed by atoms with Crippen LogP contribution >= 0.6 is 0 Å². The molecule has 0 amide bonds. The minimum Gasteiger partial charge on any atom is -0.348 e. The van der Waals surface area contributed by atoms with Gasteiger partial charge >= 0.3 is 0 Å². The van der Waals surface area contributed by atoms with Crippen LogP contribution in [0.3, 0.4) is 0 Å². The van der Waals surface area contributed by atoms with Crippen LogP contribution in [0.2, 0.25) is 0 Å². The molecular formula is C46H94O4. The van der Waals surface area contributed by atoms with Gasteiger partial charge in [0.15, 0.2) is 11.6 Å². The Morgan fingerprint density at radius 1 is 0.480 bits per heavy atom. The van der Waals surface area contributed by atoms with E-state index in [9.17, 15) is 0 Å². The Morgan fingerprint density at radius 2 is 0.780 bits per heavy atom. The third-order valence-corrected chi connectivity index (χ3v) is 12.3. The Balaban J connectivity index is 0.000000642. The van der Waals surface area contributed by atoms with Crippen LogP contribution in [-0.4, -0.2) is 37.0 Å². The molecule has 4 fully saturated rings. The zero-order valence-corrected chi connectivity index (χ0v) is 37.1. The predicted octanol–water partition coefficient (Wildman–Crippen LogP) is 14.7. The van der Waals surface area contributed by atoms with Crippen molar-refractivity contribution in [2.24, 2.45) is 47.3 Å². The lowest BCUT2D eigenvalue weighted by molar-refractivity contribution is -0.158. The molecule has 10 atom stereocenters. The van der Waals surface area contributed by atoms with Gasteiger partial charge in [0.05, 0.1) is 25.4 Å². The predicted molar refractivity (Wildman–Crippen MR) is 220 cm³/mol. The maximum Gasteiger partial charge on any atom is 0.163 e. The van der Waals surface area contributed by atoms with Gasteiger partial charge in [-0.05, 0) is 75.0 Å². The maximum absolute atomic E-state index is 5.92. The number of unbranched alkanes of at least 4 members (excludes halogenated alkanes) is 2. The summed E-state index contributed by atoms with van der Waals surface area (Å²) in [4.78, 5) is 0. The molecule has 0 radical (unpaired) electrons. The van der Waals surface area contributed by atoms with Gasteiger partial charge in [-0.3, -0.25) is 0 Å². The molecule has 0 aromatic rings. The quantitative estimate of drug-likeness (QED) is 0.191. The highest BCUT2D eigenvalue weighted by atomic mass is 16.7. The number of hydrogen-bond acceptors (Lipinski definition) is 4. The average Bonchev–Trinajstić information content (AvgIpc) is 3.84. The molecule has 4 rings (SSSR count). The van der Waals surface area contributed by atoms with E-state index in [2.05, 4.69) is 83.1 Å². The lowest BCUT2D eigenvalue weighted by Gasteiger charge is -2.29. The van der Waals surface area contributed by atoms with Crippen LogP contribution in [0.1, 0.15) is 214 Å². The second-order valence-electron chi connectivity index (χ2n) is 18.3. The highest BCUT2D eigenvalue weighted by molar-refractivity contribution is 4.85. The van der Waals surface area contributed by atoms with Crippen LogP contribution in [0.4, 0.5) is 0 Å². The van der Waals surface area contributed by atoms with Crippen molar-refractivity contribution in [3.8, 4) is 0 Å². The average molecular weight is 711 g/mol. The van der Waals surface area contributed by atoms with Gasteiger partial charge in [0.25, 0.3) is 0 Å². The van der Waals surface area contributed by atoms with Crippen molar-refractivity contribution in [3.63, 3.8) is 0 Å².